The highest BCUT2D eigenvalue weighted by molar-refractivity contribution is 5.99. The Bertz CT molecular complexity index is 888. The van der Waals surface area contributed by atoms with E-state index in [0.717, 1.165) is 5.56 Å². The van der Waals surface area contributed by atoms with E-state index in [1.807, 2.05) is 6.92 Å². The smallest absolute Gasteiger partial charge is 0.147 e. The molecule has 0 saturated heterocycles. The van der Waals surface area contributed by atoms with Crippen LogP contribution in [0, 0.1) is 6.92 Å². The van der Waals surface area contributed by atoms with E-state index in [1.165, 1.54) is 6.07 Å². The Labute approximate surface area is 126 Å². The predicted octanol–water partition coefficient (Wildman–Crippen LogP) is 4.68. The highest BCUT2D eigenvalue weighted by Crippen LogP contribution is 2.41. The Morgan fingerprint density at radius 2 is 1.45 bits per heavy atom. The Morgan fingerprint density at radius 1 is 0.727 bits per heavy atom. The first-order chi connectivity index (χ1) is 10.6. The normalized spacial score (nSPS) is 11.3. The van der Waals surface area contributed by atoms with Crippen molar-refractivity contribution in [3.63, 3.8) is 0 Å². The van der Waals surface area contributed by atoms with Gasteiger partial charge in [-0.1, -0.05) is 30.3 Å². The number of azo groups is 1. The first-order valence-electron chi connectivity index (χ1n) is 6.71. The van der Waals surface area contributed by atoms with Crippen LogP contribution in [-0.2, 0) is 0 Å². The molecule has 110 valence electrons. The van der Waals surface area contributed by atoms with E-state index in [0.29, 0.717) is 16.5 Å². The fraction of sp³-hybridized carbons (Fsp3) is 0.0588. The summed E-state index contributed by atoms with van der Waals surface area (Å²) in [5.41, 5.74) is 1.50. The van der Waals surface area contributed by atoms with Gasteiger partial charge in [0.15, 0.2) is 0 Å². The molecule has 3 aromatic rings. The Hall–Kier alpha value is -3.08. The van der Waals surface area contributed by atoms with Crippen LogP contribution in [0.4, 0.5) is 11.4 Å². The average Bonchev–Trinajstić information content (AvgIpc) is 2.50. The number of hydrogen-bond acceptors (Lipinski definition) is 5. The average molecular weight is 294 g/mol. The van der Waals surface area contributed by atoms with Crippen molar-refractivity contribution in [3.8, 4) is 17.2 Å². The second-order valence-electron chi connectivity index (χ2n) is 5.00. The maximum absolute atomic E-state index is 10.0. The monoisotopic (exact) mass is 294 g/mol. The summed E-state index contributed by atoms with van der Waals surface area (Å²) in [5.74, 6) is -0.186. The first-order valence-corrected chi connectivity index (χ1v) is 6.71. The van der Waals surface area contributed by atoms with Gasteiger partial charge in [-0.25, -0.2) is 0 Å². The molecular formula is C17H14N2O3. The molecule has 0 aliphatic rings. The minimum atomic E-state index is -0.174. The minimum absolute atomic E-state index is 0.0110. The Balaban J connectivity index is 2.15. The van der Waals surface area contributed by atoms with Crippen LogP contribution in [-0.4, -0.2) is 15.3 Å². The van der Waals surface area contributed by atoms with E-state index >= 15 is 0 Å². The van der Waals surface area contributed by atoms with Gasteiger partial charge in [0.2, 0.25) is 0 Å². The number of aromatic hydroxyl groups is 3. The lowest BCUT2D eigenvalue weighted by Crippen LogP contribution is -1.77. The number of aryl methyl sites for hydroxylation is 1. The maximum Gasteiger partial charge on any atom is 0.147 e. The standard InChI is InChI=1S/C17H14N2O3/c1-10-6-7-14(20)13(8-10)18-19-17-12-5-3-2-4-11(12)15(21)9-16(17)22/h2-9,20-22H,1H3/b19-18+. The van der Waals surface area contributed by atoms with E-state index in [9.17, 15) is 15.3 Å². The van der Waals surface area contributed by atoms with Crippen molar-refractivity contribution in [2.24, 2.45) is 10.2 Å². The highest BCUT2D eigenvalue weighted by Gasteiger charge is 2.11. The zero-order valence-corrected chi connectivity index (χ0v) is 11.9. The molecule has 3 aromatic carbocycles. The van der Waals surface area contributed by atoms with Crippen LogP contribution in [0.1, 0.15) is 5.56 Å². The summed E-state index contributed by atoms with van der Waals surface area (Å²) < 4.78 is 0. The molecule has 3 rings (SSSR count). The van der Waals surface area contributed by atoms with Gasteiger partial charge in [0.1, 0.15) is 28.6 Å². The molecule has 0 unspecified atom stereocenters. The molecule has 0 aliphatic heterocycles. The van der Waals surface area contributed by atoms with Gasteiger partial charge in [0, 0.05) is 16.8 Å². The van der Waals surface area contributed by atoms with E-state index in [-0.39, 0.29) is 22.9 Å². The van der Waals surface area contributed by atoms with Crippen molar-refractivity contribution in [3.05, 3.63) is 54.1 Å². The summed E-state index contributed by atoms with van der Waals surface area (Å²) in [5, 5.41) is 38.9. The molecule has 0 spiro atoms. The SMILES string of the molecule is Cc1ccc(O)c(/N=N/c2c(O)cc(O)c3ccccc23)c1. The number of benzene rings is 3. The van der Waals surface area contributed by atoms with Crippen molar-refractivity contribution in [1.82, 2.24) is 0 Å². The third-order valence-electron chi connectivity index (χ3n) is 3.36. The van der Waals surface area contributed by atoms with Crippen LogP contribution in [0.5, 0.6) is 17.2 Å². The van der Waals surface area contributed by atoms with Gasteiger partial charge in [0.25, 0.3) is 0 Å². The van der Waals surface area contributed by atoms with Crippen LogP contribution in [0.15, 0.2) is 58.8 Å². The second kappa shape index (κ2) is 5.37. The van der Waals surface area contributed by atoms with Crippen LogP contribution in [0.2, 0.25) is 0 Å². The largest absolute Gasteiger partial charge is 0.507 e. The zero-order chi connectivity index (χ0) is 15.7. The summed E-state index contributed by atoms with van der Waals surface area (Å²) in [7, 11) is 0. The van der Waals surface area contributed by atoms with Gasteiger partial charge in [-0.2, -0.15) is 0 Å². The summed E-state index contributed by atoms with van der Waals surface area (Å²) in [4.78, 5) is 0. The minimum Gasteiger partial charge on any atom is -0.507 e. The molecule has 22 heavy (non-hydrogen) atoms. The van der Waals surface area contributed by atoms with E-state index in [4.69, 9.17) is 0 Å². The fourth-order valence-corrected chi connectivity index (χ4v) is 2.25. The number of rotatable bonds is 2. The predicted molar refractivity (Wildman–Crippen MR) is 84.3 cm³/mol. The molecule has 5 heteroatoms. The van der Waals surface area contributed by atoms with Crippen molar-refractivity contribution < 1.29 is 15.3 Å². The molecule has 0 saturated carbocycles. The van der Waals surface area contributed by atoms with Gasteiger partial charge in [0.05, 0.1) is 0 Å². The van der Waals surface area contributed by atoms with Crippen molar-refractivity contribution in [2.75, 3.05) is 0 Å². The second-order valence-corrected chi connectivity index (χ2v) is 5.00. The molecule has 0 amide bonds. The summed E-state index contributed by atoms with van der Waals surface area (Å²) in [6, 6.07) is 13.3. The van der Waals surface area contributed by atoms with Crippen LogP contribution in [0.3, 0.4) is 0 Å². The zero-order valence-electron chi connectivity index (χ0n) is 11.9. The van der Waals surface area contributed by atoms with Crippen molar-refractivity contribution in [1.29, 1.82) is 0 Å². The van der Waals surface area contributed by atoms with Crippen molar-refractivity contribution >= 4 is 22.1 Å². The lowest BCUT2D eigenvalue weighted by molar-refractivity contribution is 0.455. The van der Waals surface area contributed by atoms with Gasteiger partial charge in [-0.15, -0.1) is 10.2 Å². The fourth-order valence-electron chi connectivity index (χ4n) is 2.25. The molecule has 0 aromatic heterocycles. The van der Waals surface area contributed by atoms with Gasteiger partial charge in [-0.3, -0.25) is 0 Å². The summed E-state index contributed by atoms with van der Waals surface area (Å²) >= 11 is 0. The van der Waals surface area contributed by atoms with Crippen LogP contribution in [0.25, 0.3) is 10.8 Å². The maximum atomic E-state index is 10.0. The van der Waals surface area contributed by atoms with E-state index in [2.05, 4.69) is 10.2 Å². The lowest BCUT2D eigenvalue weighted by Gasteiger charge is -2.06. The first kappa shape index (κ1) is 13.9. The molecular weight excluding hydrogens is 280 g/mol. The third-order valence-corrected chi connectivity index (χ3v) is 3.36. The topological polar surface area (TPSA) is 85.4 Å². The summed E-state index contributed by atoms with van der Waals surface area (Å²) in [6.07, 6.45) is 0. The van der Waals surface area contributed by atoms with E-state index in [1.54, 1.807) is 42.5 Å². The third kappa shape index (κ3) is 2.44. The number of phenolic OH excluding ortho intramolecular Hbond substituents is 3. The molecule has 0 radical (unpaired) electrons. The van der Waals surface area contributed by atoms with Gasteiger partial charge < -0.3 is 15.3 Å². The van der Waals surface area contributed by atoms with Crippen LogP contribution < -0.4 is 0 Å². The molecule has 0 heterocycles. The Morgan fingerprint density at radius 3 is 2.23 bits per heavy atom. The van der Waals surface area contributed by atoms with Crippen molar-refractivity contribution in [2.45, 2.75) is 6.92 Å². The number of fused-ring (bicyclic) bond motifs is 1. The lowest BCUT2D eigenvalue weighted by atomic mass is 10.1. The number of nitrogens with zero attached hydrogens (tertiary/aromatic N) is 2. The van der Waals surface area contributed by atoms with Crippen LogP contribution >= 0.6 is 0 Å². The highest BCUT2D eigenvalue weighted by atomic mass is 16.3. The molecule has 0 atom stereocenters. The molecule has 0 aliphatic carbocycles. The Kier molecular flexibility index (Phi) is 3.39. The van der Waals surface area contributed by atoms with Gasteiger partial charge in [-0.05, 0) is 24.6 Å². The molecule has 3 N–H and O–H groups in total. The quantitative estimate of drug-likeness (QED) is 0.600. The number of hydrogen-bond donors (Lipinski definition) is 3. The molecule has 0 fully saturated rings. The molecule has 5 nitrogen and oxygen atoms in total. The van der Waals surface area contributed by atoms with E-state index < -0.39 is 0 Å². The van der Waals surface area contributed by atoms with Gasteiger partial charge >= 0.3 is 0 Å². The summed E-state index contributed by atoms with van der Waals surface area (Å²) in [6.45, 7) is 1.88. The number of phenols is 3. The molecule has 0 bridgehead atoms.